The molecule has 2 heterocycles. The van der Waals surface area contributed by atoms with Gasteiger partial charge < -0.3 is 9.30 Å². The molecule has 0 aliphatic carbocycles. The van der Waals surface area contributed by atoms with Gasteiger partial charge in [-0.3, -0.25) is 4.79 Å². The molecule has 0 N–H and O–H groups in total. The smallest absolute Gasteiger partial charge is 0.276 e. The van der Waals surface area contributed by atoms with Gasteiger partial charge in [-0.2, -0.15) is 5.10 Å². The molecule has 0 amide bonds. The first kappa shape index (κ1) is 18.0. The molecule has 2 aromatic heterocycles. The zero-order valence-corrected chi connectivity index (χ0v) is 16.3. The van der Waals surface area contributed by atoms with Crippen LogP contribution in [0.4, 0.5) is 0 Å². The van der Waals surface area contributed by atoms with Crippen LogP contribution in [0.1, 0.15) is 23.6 Å². The maximum atomic E-state index is 13.0. The Hall–Kier alpha value is -3.34. The lowest BCUT2D eigenvalue weighted by Gasteiger charge is -2.09. The number of fused-ring (bicyclic) bond motifs is 1. The minimum atomic E-state index is -0.0489. The Kier molecular flexibility index (Phi) is 4.74. The minimum absolute atomic E-state index is 0.0489. The van der Waals surface area contributed by atoms with Gasteiger partial charge in [0, 0.05) is 18.0 Å². The van der Waals surface area contributed by atoms with Crippen molar-refractivity contribution in [1.82, 2.24) is 14.2 Å². The monoisotopic (exact) mass is 373 g/mol. The van der Waals surface area contributed by atoms with Gasteiger partial charge in [-0.05, 0) is 62.2 Å². The van der Waals surface area contributed by atoms with Crippen molar-refractivity contribution >= 4 is 5.52 Å². The van der Waals surface area contributed by atoms with Gasteiger partial charge in [0.15, 0.2) is 0 Å². The van der Waals surface area contributed by atoms with Crippen LogP contribution in [0.3, 0.4) is 0 Å². The van der Waals surface area contributed by atoms with Crippen LogP contribution in [0, 0.1) is 13.8 Å². The zero-order chi connectivity index (χ0) is 19.7. The molecule has 5 heteroatoms. The molecule has 0 radical (unpaired) electrons. The molecule has 2 aromatic carbocycles. The van der Waals surface area contributed by atoms with Crippen molar-refractivity contribution in [1.29, 1.82) is 0 Å². The average molecular weight is 373 g/mol. The van der Waals surface area contributed by atoms with Gasteiger partial charge in [0.2, 0.25) is 0 Å². The Bertz CT molecular complexity index is 1190. The van der Waals surface area contributed by atoms with Crippen molar-refractivity contribution in [3.05, 3.63) is 88.0 Å². The molecule has 0 atom stereocenters. The highest BCUT2D eigenvalue weighted by Crippen LogP contribution is 2.22. The first-order valence-corrected chi connectivity index (χ1v) is 9.43. The molecule has 0 fully saturated rings. The van der Waals surface area contributed by atoms with E-state index in [4.69, 9.17) is 4.74 Å². The van der Waals surface area contributed by atoms with Crippen molar-refractivity contribution < 1.29 is 4.74 Å². The van der Waals surface area contributed by atoms with Crippen molar-refractivity contribution in [2.24, 2.45) is 0 Å². The SMILES string of the molecule is CCOc1ccc(-c2cc3c(=O)n(Cc4ccc(C)cc4C)ccn3n2)cc1. The van der Waals surface area contributed by atoms with Crippen LogP contribution in [0.5, 0.6) is 5.75 Å². The third kappa shape index (κ3) is 3.43. The van der Waals surface area contributed by atoms with Gasteiger partial charge in [0.25, 0.3) is 5.56 Å². The molecule has 0 saturated carbocycles. The fourth-order valence-electron chi connectivity index (χ4n) is 3.39. The quantitative estimate of drug-likeness (QED) is 0.526. The highest BCUT2D eigenvalue weighted by Gasteiger charge is 2.10. The fraction of sp³-hybridized carbons (Fsp3) is 0.217. The summed E-state index contributed by atoms with van der Waals surface area (Å²) >= 11 is 0. The molecule has 5 nitrogen and oxygen atoms in total. The summed E-state index contributed by atoms with van der Waals surface area (Å²) in [6.07, 6.45) is 3.63. The van der Waals surface area contributed by atoms with Crippen LogP contribution in [0.25, 0.3) is 16.8 Å². The number of ether oxygens (including phenoxy) is 1. The summed E-state index contributed by atoms with van der Waals surface area (Å²) in [6.45, 7) is 7.29. The van der Waals surface area contributed by atoms with E-state index < -0.39 is 0 Å². The summed E-state index contributed by atoms with van der Waals surface area (Å²) in [5, 5.41) is 4.56. The van der Waals surface area contributed by atoms with E-state index in [0.29, 0.717) is 18.7 Å². The van der Waals surface area contributed by atoms with Crippen molar-refractivity contribution in [2.75, 3.05) is 6.61 Å². The van der Waals surface area contributed by atoms with Crippen molar-refractivity contribution in [3.63, 3.8) is 0 Å². The number of benzene rings is 2. The van der Waals surface area contributed by atoms with Crippen molar-refractivity contribution in [2.45, 2.75) is 27.3 Å². The van der Waals surface area contributed by atoms with E-state index in [1.807, 2.05) is 43.5 Å². The summed E-state index contributed by atoms with van der Waals surface area (Å²) < 4.78 is 8.86. The molecule has 4 rings (SSSR count). The minimum Gasteiger partial charge on any atom is -0.494 e. The molecular formula is C23H23N3O2. The van der Waals surface area contributed by atoms with Crippen LogP contribution in [0.15, 0.2) is 65.7 Å². The molecular weight excluding hydrogens is 350 g/mol. The second-order valence-corrected chi connectivity index (χ2v) is 6.98. The first-order valence-electron chi connectivity index (χ1n) is 9.43. The molecule has 28 heavy (non-hydrogen) atoms. The van der Waals surface area contributed by atoms with E-state index in [0.717, 1.165) is 22.6 Å². The Morgan fingerprint density at radius 1 is 1.00 bits per heavy atom. The van der Waals surface area contributed by atoms with E-state index in [1.54, 1.807) is 15.3 Å². The predicted molar refractivity (Wildman–Crippen MR) is 111 cm³/mol. The summed E-state index contributed by atoms with van der Waals surface area (Å²) in [7, 11) is 0. The van der Waals surface area contributed by atoms with Gasteiger partial charge in [0.05, 0.1) is 18.8 Å². The molecule has 142 valence electrons. The summed E-state index contributed by atoms with van der Waals surface area (Å²) in [5.74, 6) is 0.825. The number of aromatic nitrogens is 3. The second kappa shape index (κ2) is 7.35. The predicted octanol–water partition coefficient (Wildman–Crippen LogP) is 4.23. The lowest BCUT2D eigenvalue weighted by atomic mass is 10.1. The van der Waals surface area contributed by atoms with Gasteiger partial charge in [-0.25, -0.2) is 4.52 Å². The molecule has 4 aromatic rings. The normalized spacial score (nSPS) is 11.1. The Balaban J connectivity index is 1.68. The standard InChI is InChI=1S/C23H23N3O2/c1-4-28-20-9-7-18(8-10-20)21-14-22-23(27)25(11-12-26(22)24-21)15-19-6-5-16(2)13-17(19)3/h5-14H,4,15H2,1-3H3. The molecule has 0 unspecified atom stereocenters. The number of nitrogens with zero attached hydrogens (tertiary/aromatic N) is 3. The molecule has 0 spiro atoms. The topological polar surface area (TPSA) is 48.5 Å². The number of hydrogen-bond donors (Lipinski definition) is 0. The Morgan fingerprint density at radius 3 is 2.50 bits per heavy atom. The maximum Gasteiger partial charge on any atom is 0.276 e. The number of rotatable bonds is 5. The third-order valence-electron chi connectivity index (χ3n) is 4.90. The lowest BCUT2D eigenvalue weighted by molar-refractivity contribution is 0.340. The van der Waals surface area contributed by atoms with Crippen LogP contribution in [-0.4, -0.2) is 20.8 Å². The average Bonchev–Trinajstić information content (AvgIpc) is 3.12. The summed E-state index contributed by atoms with van der Waals surface area (Å²) in [4.78, 5) is 13.0. The van der Waals surface area contributed by atoms with Gasteiger partial charge in [-0.1, -0.05) is 23.8 Å². The van der Waals surface area contributed by atoms with E-state index in [2.05, 4.69) is 37.1 Å². The molecule has 0 aliphatic heterocycles. The molecule has 0 saturated heterocycles. The maximum absolute atomic E-state index is 13.0. The van der Waals surface area contributed by atoms with Crippen LogP contribution in [0.2, 0.25) is 0 Å². The molecule has 0 aliphatic rings. The van der Waals surface area contributed by atoms with Gasteiger partial charge >= 0.3 is 0 Å². The van der Waals surface area contributed by atoms with E-state index in [9.17, 15) is 4.79 Å². The van der Waals surface area contributed by atoms with Gasteiger partial charge in [0.1, 0.15) is 11.3 Å². The Labute approximate surface area is 163 Å². The van der Waals surface area contributed by atoms with Crippen LogP contribution < -0.4 is 10.3 Å². The highest BCUT2D eigenvalue weighted by atomic mass is 16.5. The van der Waals surface area contributed by atoms with Crippen LogP contribution >= 0.6 is 0 Å². The van der Waals surface area contributed by atoms with Crippen molar-refractivity contribution in [3.8, 4) is 17.0 Å². The van der Waals surface area contributed by atoms with E-state index in [1.165, 1.54) is 11.1 Å². The zero-order valence-electron chi connectivity index (χ0n) is 16.3. The van der Waals surface area contributed by atoms with Gasteiger partial charge in [-0.15, -0.1) is 0 Å². The highest BCUT2D eigenvalue weighted by molar-refractivity contribution is 5.66. The number of aryl methyl sites for hydroxylation is 2. The Morgan fingerprint density at radius 2 is 1.79 bits per heavy atom. The van der Waals surface area contributed by atoms with E-state index in [-0.39, 0.29) is 5.56 Å². The summed E-state index contributed by atoms with van der Waals surface area (Å²) in [5.41, 5.74) is 5.79. The van der Waals surface area contributed by atoms with E-state index >= 15 is 0 Å². The largest absolute Gasteiger partial charge is 0.494 e. The fourth-order valence-corrected chi connectivity index (χ4v) is 3.39. The molecule has 0 bridgehead atoms. The summed E-state index contributed by atoms with van der Waals surface area (Å²) in [6, 6.07) is 15.9. The third-order valence-corrected chi connectivity index (χ3v) is 4.90. The lowest BCUT2D eigenvalue weighted by Crippen LogP contribution is -2.22. The number of hydrogen-bond acceptors (Lipinski definition) is 3. The second-order valence-electron chi connectivity index (χ2n) is 6.98. The van der Waals surface area contributed by atoms with Crippen LogP contribution in [-0.2, 0) is 6.54 Å². The first-order chi connectivity index (χ1) is 13.5.